The molecule has 28 heavy (non-hydrogen) atoms. The molecule has 2 atom stereocenters. The molecule has 0 unspecified atom stereocenters. The second-order valence-corrected chi connectivity index (χ2v) is 7.96. The van der Waals surface area contributed by atoms with Crippen LogP contribution < -0.4 is 11.1 Å². The Morgan fingerprint density at radius 1 is 1.25 bits per heavy atom. The second kappa shape index (κ2) is 7.68. The highest BCUT2D eigenvalue weighted by atomic mass is 35.5. The predicted octanol–water partition coefficient (Wildman–Crippen LogP) is 3.82. The molecule has 1 aliphatic heterocycles. The fraction of sp³-hybridized carbons (Fsp3) is 0.381. The molecule has 0 bridgehead atoms. The number of carbonyl (C=O) groups is 1. The van der Waals surface area contributed by atoms with E-state index in [1.165, 1.54) is 12.1 Å². The molecule has 0 saturated heterocycles. The molecule has 7 heteroatoms. The van der Waals surface area contributed by atoms with Crippen LogP contribution in [0.25, 0.3) is 0 Å². The zero-order valence-electron chi connectivity index (χ0n) is 15.4. The molecule has 0 fully saturated rings. The second-order valence-electron chi connectivity index (χ2n) is 7.52. The van der Waals surface area contributed by atoms with E-state index in [0.29, 0.717) is 37.5 Å². The average Bonchev–Trinajstić information content (AvgIpc) is 2.93. The van der Waals surface area contributed by atoms with E-state index in [1.807, 2.05) is 18.2 Å². The molecule has 1 heterocycles. The molecule has 1 amide bonds. The number of hydrogen-bond donors (Lipinski definition) is 2. The van der Waals surface area contributed by atoms with Crippen LogP contribution in [0.1, 0.15) is 35.4 Å². The van der Waals surface area contributed by atoms with Crippen molar-refractivity contribution in [3.63, 3.8) is 0 Å². The molecule has 148 valence electrons. The number of fused-ring (bicyclic) bond motifs is 2. The van der Waals surface area contributed by atoms with E-state index in [1.54, 1.807) is 4.90 Å². The smallest absolute Gasteiger partial charge is 0.224 e. The van der Waals surface area contributed by atoms with Gasteiger partial charge in [-0.3, -0.25) is 4.79 Å². The Morgan fingerprint density at radius 2 is 2.04 bits per heavy atom. The van der Waals surface area contributed by atoms with E-state index in [4.69, 9.17) is 17.3 Å². The van der Waals surface area contributed by atoms with Crippen LogP contribution in [-0.4, -0.2) is 29.9 Å². The van der Waals surface area contributed by atoms with Gasteiger partial charge in [-0.1, -0.05) is 17.7 Å². The van der Waals surface area contributed by atoms with Gasteiger partial charge in [-0.05, 0) is 53.8 Å². The third-order valence-corrected chi connectivity index (χ3v) is 5.95. The van der Waals surface area contributed by atoms with Crippen LogP contribution in [0.2, 0.25) is 5.02 Å². The lowest BCUT2D eigenvalue weighted by Crippen LogP contribution is -2.38. The maximum atomic E-state index is 13.7. The first-order valence-corrected chi connectivity index (χ1v) is 9.83. The largest absolute Gasteiger partial charge is 0.383 e. The minimum Gasteiger partial charge on any atom is -0.383 e. The summed E-state index contributed by atoms with van der Waals surface area (Å²) in [6, 6.07) is 7.65. The Kier molecular flexibility index (Phi) is 5.25. The molecule has 3 N–H and O–H groups in total. The molecule has 2 aliphatic rings. The first-order valence-electron chi connectivity index (χ1n) is 9.46. The number of halogens is 3. The van der Waals surface area contributed by atoms with Gasteiger partial charge in [-0.25, -0.2) is 8.78 Å². The van der Waals surface area contributed by atoms with Crippen LogP contribution >= 0.6 is 11.6 Å². The van der Waals surface area contributed by atoms with Gasteiger partial charge in [-0.15, -0.1) is 0 Å². The fourth-order valence-electron chi connectivity index (χ4n) is 4.22. The lowest BCUT2D eigenvalue weighted by molar-refractivity contribution is -0.132. The number of hydrogen-bond acceptors (Lipinski definition) is 3. The van der Waals surface area contributed by atoms with Crippen molar-refractivity contribution in [2.75, 3.05) is 18.4 Å². The minimum absolute atomic E-state index is 0.0341. The van der Waals surface area contributed by atoms with Crippen molar-refractivity contribution in [1.82, 2.24) is 4.90 Å². The van der Waals surface area contributed by atoms with Gasteiger partial charge in [0.15, 0.2) is 11.6 Å². The van der Waals surface area contributed by atoms with E-state index >= 15 is 0 Å². The standard InChI is InChI=1S/C21H22ClF2N3O/c22-14-3-1-13-11-27(6-5-26-20(13)8-14)21(28)10-19(25)15-4-2-12-7-17(23)18(24)9-16(12)15/h1,3,7-9,15,19,26H,2,4-6,10-11,25H2/t15-,19-/m0/s1. The number of benzene rings is 2. The van der Waals surface area contributed by atoms with Gasteiger partial charge in [-0.2, -0.15) is 0 Å². The zero-order chi connectivity index (χ0) is 19.8. The lowest BCUT2D eigenvalue weighted by atomic mass is 9.91. The Morgan fingerprint density at radius 3 is 2.86 bits per heavy atom. The van der Waals surface area contributed by atoms with Crippen LogP contribution in [0, 0.1) is 11.6 Å². The zero-order valence-corrected chi connectivity index (χ0v) is 16.1. The predicted molar refractivity (Wildman–Crippen MR) is 105 cm³/mol. The first kappa shape index (κ1) is 19.2. The van der Waals surface area contributed by atoms with Gasteiger partial charge < -0.3 is 16.0 Å². The molecular formula is C21H22ClF2N3O. The number of anilines is 1. The maximum Gasteiger partial charge on any atom is 0.224 e. The summed E-state index contributed by atoms with van der Waals surface area (Å²) in [6.07, 6.45) is 1.53. The van der Waals surface area contributed by atoms with Gasteiger partial charge >= 0.3 is 0 Å². The van der Waals surface area contributed by atoms with Crippen molar-refractivity contribution in [3.05, 3.63) is 63.7 Å². The van der Waals surface area contributed by atoms with Crippen molar-refractivity contribution < 1.29 is 13.6 Å². The van der Waals surface area contributed by atoms with Gasteiger partial charge in [0, 0.05) is 48.7 Å². The lowest BCUT2D eigenvalue weighted by Gasteiger charge is -2.25. The van der Waals surface area contributed by atoms with Crippen LogP contribution in [-0.2, 0) is 17.8 Å². The molecule has 4 nitrogen and oxygen atoms in total. The molecule has 2 aromatic rings. The van der Waals surface area contributed by atoms with Crippen molar-refractivity contribution in [2.45, 2.75) is 37.8 Å². The molecule has 0 spiro atoms. The normalized spacial score (nSPS) is 19.4. The molecule has 1 aliphatic carbocycles. The Labute approximate surface area is 167 Å². The van der Waals surface area contributed by atoms with Crippen molar-refractivity contribution in [2.24, 2.45) is 5.73 Å². The highest BCUT2D eigenvalue weighted by Gasteiger charge is 2.31. The van der Waals surface area contributed by atoms with Crippen LogP contribution in [0.4, 0.5) is 14.5 Å². The Hall–Kier alpha value is -2.18. The van der Waals surface area contributed by atoms with E-state index in [0.717, 1.165) is 22.4 Å². The summed E-state index contributed by atoms with van der Waals surface area (Å²) < 4.78 is 27.1. The van der Waals surface area contributed by atoms with Crippen LogP contribution in [0.5, 0.6) is 0 Å². The topological polar surface area (TPSA) is 58.4 Å². The van der Waals surface area contributed by atoms with E-state index < -0.39 is 17.7 Å². The number of carbonyl (C=O) groups excluding carboxylic acids is 1. The summed E-state index contributed by atoms with van der Waals surface area (Å²) in [6.45, 7) is 1.69. The Balaban J connectivity index is 1.46. The SMILES string of the molecule is N[C@@H](CC(=O)N1CCNc2cc(Cl)ccc2C1)[C@H]1CCc2cc(F)c(F)cc21. The summed E-state index contributed by atoms with van der Waals surface area (Å²) in [5, 5.41) is 3.95. The fourth-order valence-corrected chi connectivity index (χ4v) is 4.40. The monoisotopic (exact) mass is 405 g/mol. The minimum atomic E-state index is -0.863. The molecule has 4 rings (SSSR count). The first-order chi connectivity index (χ1) is 13.4. The molecular weight excluding hydrogens is 384 g/mol. The van der Waals surface area contributed by atoms with Crippen molar-refractivity contribution in [1.29, 1.82) is 0 Å². The highest BCUT2D eigenvalue weighted by molar-refractivity contribution is 6.30. The third kappa shape index (κ3) is 3.71. The van der Waals surface area contributed by atoms with Crippen LogP contribution in [0.15, 0.2) is 30.3 Å². The van der Waals surface area contributed by atoms with Gasteiger partial charge in [0.1, 0.15) is 0 Å². The number of nitrogens with two attached hydrogens (primary N) is 1. The summed E-state index contributed by atoms with van der Waals surface area (Å²) in [5.74, 6) is -1.86. The molecule has 2 aromatic carbocycles. The van der Waals surface area contributed by atoms with Gasteiger partial charge in [0.2, 0.25) is 5.91 Å². The van der Waals surface area contributed by atoms with E-state index in [2.05, 4.69) is 5.32 Å². The molecule has 0 radical (unpaired) electrons. The number of nitrogens with one attached hydrogen (secondary N) is 1. The summed E-state index contributed by atoms with van der Waals surface area (Å²) >= 11 is 6.05. The van der Waals surface area contributed by atoms with Crippen molar-refractivity contribution >= 4 is 23.2 Å². The summed E-state index contributed by atoms with van der Waals surface area (Å²) in [5.41, 5.74) is 9.81. The average molecular weight is 406 g/mol. The molecule has 0 aromatic heterocycles. The Bertz CT molecular complexity index is 921. The number of rotatable bonds is 3. The van der Waals surface area contributed by atoms with E-state index in [9.17, 15) is 13.6 Å². The number of aryl methyl sites for hydroxylation is 1. The third-order valence-electron chi connectivity index (χ3n) is 5.72. The van der Waals surface area contributed by atoms with Gasteiger partial charge in [0.05, 0.1) is 0 Å². The summed E-state index contributed by atoms with van der Waals surface area (Å²) in [7, 11) is 0. The van der Waals surface area contributed by atoms with Crippen molar-refractivity contribution in [3.8, 4) is 0 Å². The molecule has 0 saturated carbocycles. The van der Waals surface area contributed by atoms with Gasteiger partial charge in [0.25, 0.3) is 0 Å². The highest BCUT2D eigenvalue weighted by Crippen LogP contribution is 2.37. The van der Waals surface area contributed by atoms with E-state index in [-0.39, 0.29) is 18.2 Å². The number of nitrogens with zero attached hydrogens (tertiary/aromatic N) is 1. The van der Waals surface area contributed by atoms with Crippen LogP contribution in [0.3, 0.4) is 0 Å². The summed E-state index contributed by atoms with van der Waals surface area (Å²) in [4.78, 5) is 14.7. The number of amides is 1. The maximum absolute atomic E-state index is 13.7. The quantitative estimate of drug-likeness (QED) is 0.816.